The molecule has 0 amide bonds. The molecule has 3 aromatic heterocycles. The van der Waals surface area contributed by atoms with Crippen LogP contribution >= 0.6 is 0 Å². The summed E-state index contributed by atoms with van der Waals surface area (Å²) in [5, 5.41) is 16.8. The average Bonchev–Trinajstić information content (AvgIpc) is 3.59. The molecule has 0 saturated heterocycles. The van der Waals surface area contributed by atoms with Crippen LogP contribution in [0.25, 0.3) is 11.3 Å². The Morgan fingerprint density at radius 2 is 2.15 bits per heavy atom. The minimum absolute atomic E-state index is 0.0912. The van der Waals surface area contributed by atoms with E-state index in [9.17, 15) is 4.79 Å². The van der Waals surface area contributed by atoms with E-state index in [1.807, 2.05) is 12.4 Å². The van der Waals surface area contributed by atoms with Gasteiger partial charge in [-0.3, -0.25) is 14.6 Å². The zero-order chi connectivity index (χ0) is 23.3. The van der Waals surface area contributed by atoms with Crippen molar-refractivity contribution in [1.82, 2.24) is 25.1 Å². The second-order valence-corrected chi connectivity index (χ2v) is 9.32. The first-order valence-electron chi connectivity index (χ1n) is 11.9. The standard InChI is InChI=1S/C26H27N5O3/c1-3-33-22(32)15-31-14-18(12-27-31)23-20-9-10-21-16(2)24-17(13-28-34-24)11-26(21,25(20)30-29-23)19-7-5-4-6-8-19/h4-8,12-14,16,21H,3,9-11,15H2,1-2H3,(H,29,30)/t16-,21-,26+/m0/s1. The number of nitrogens with zero attached hydrogens (tertiary/aromatic N) is 4. The summed E-state index contributed by atoms with van der Waals surface area (Å²) in [6, 6.07) is 10.7. The lowest BCUT2D eigenvalue weighted by molar-refractivity contribution is -0.144. The maximum atomic E-state index is 11.9. The zero-order valence-electron chi connectivity index (χ0n) is 19.3. The van der Waals surface area contributed by atoms with Crippen LogP contribution in [0, 0.1) is 5.92 Å². The van der Waals surface area contributed by atoms with Crippen LogP contribution < -0.4 is 0 Å². The lowest BCUT2D eigenvalue weighted by Crippen LogP contribution is -2.47. The van der Waals surface area contributed by atoms with Gasteiger partial charge in [0.25, 0.3) is 0 Å². The number of carbonyl (C=O) groups excluding carboxylic acids is 1. The van der Waals surface area contributed by atoms with Gasteiger partial charge in [-0.2, -0.15) is 10.2 Å². The van der Waals surface area contributed by atoms with Crippen molar-refractivity contribution < 1.29 is 14.1 Å². The number of ether oxygens (including phenoxy) is 1. The molecule has 174 valence electrons. The van der Waals surface area contributed by atoms with Gasteiger partial charge in [-0.1, -0.05) is 42.4 Å². The number of hydrogen-bond donors (Lipinski definition) is 1. The number of hydrogen-bond acceptors (Lipinski definition) is 6. The highest BCUT2D eigenvalue weighted by Gasteiger charge is 2.54. The molecule has 3 heterocycles. The summed E-state index contributed by atoms with van der Waals surface area (Å²) in [5.74, 6) is 1.31. The van der Waals surface area contributed by atoms with E-state index in [1.54, 1.807) is 17.8 Å². The molecule has 1 aromatic carbocycles. The van der Waals surface area contributed by atoms with Gasteiger partial charge in [0, 0.05) is 34.2 Å². The smallest absolute Gasteiger partial charge is 0.327 e. The monoisotopic (exact) mass is 457 g/mol. The van der Waals surface area contributed by atoms with Crippen LogP contribution in [0.2, 0.25) is 0 Å². The summed E-state index contributed by atoms with van der Waals surface area (Å²) < 4.78 is 12.4. The SMILES string of the molecule is CCOC(=O)Cn1cc(-c2[nH]nc3c2CC[C@H]2[C@H](C)c4oncc4C[C@]32c2ccccc2)cn1. The molecule has 0 aliphatic heterocycles. The first kappa shape index (κ1) is 20.9. The van der Waals surface area contributed by atoms with Crippen molar-refractivity contribution in [2.24, 2.45) is 5.92 Å². The van der Waals surface area contributed by atoms with Crippen molar-refractivity contribution in [3.8, 4) is 11.3 Å². The zero-order valence-corrected chi connectivity index (χ0v) is 19.3. The second kappa shape index (κ2) is 7.97. The molecule has 2 aliphatic rings. The third-order valence-electron chi connectivity index (χ3n) is 7.60. The number of H-pyrrole nitrogens is 1. The van der Waals surface area contributed by atoms with E-state index >= 15 is 0 Å². The van der Waals surface area contributed by atoms with Crippen LogP contribution in [0.1, 0.15) is 54.3 Å². The molecular weight excluding hydrogens is 430 g/mol. The summed E-state index contributed by atoms with van der Waals surface area (Å²) in [5.41, 5.74) is 6.40. The van der Waals surface area contributed by atoms with Gasteiger partial charge in [0.2, 0.25) is 0 Å². The lowest BCUT2D eigenvalue weighted by Gasteiger charge is -2.48. The maximum Gasteiger partial charge on any atom is 0.327 e. The first-order valence-corrected chi connectivity index (χ1v) is 11.9. The molecule has 6 rings (SSSR count). The van der Waals surface area contributed by atoms with Gasteiger partial charge in [0.15, 0.2) is 0 Å². The first-order chi connectivity index (χ1) is 16.6. The van der Waals surface area contributed by atoms with Gasteiger partial charge in [-0.15, -0.1) is 0 Å². The van der Waals surface area contributed by atoms with Crippen LogP contribution in [0.3, 0.4) is 0 Å². The van der Waals surface area contributed by atoms with E-state index in [0.29, 0.717) is 12.5 Å². The molecule has 0 spiro atoms. The number of esters is 1. The predicted octanol–water partition coefficient (Wildman–Crippen LogP) is 4.03. The Bertz CT molecular complexity index is 1340. The topological polar surface area (TPSA) is 98.8 Å². The summed E-state index contributed by atoms with van der Waals surface area (Å²) in [6.45, 7) is 4.50. The van der Waals surface area contributed by atoms with Crippen molar-refractivity contribution in [3.63, 3.8) is 0 Å². The molecule has 0 radical (unpaired) electrons. The fourth-order valence-corrected chi connectivity index (χ4v) is 6.20. The minimum atomic E-state index is -0.296. The molecule has 2 aliphatic carbocycles. The highest BCUT2D eigenvalue weighted by molar-refractivity contribution is 5.70. The molecule has 0 fully saturated rings. The number of nitrogens with one attached hydrogen (secondary N) is 1. The van der Waals surface area contributed by atoms with E-state index in [-0.39, 0.29) is 23.8 Å². The van der Waals surface area contributed by atoms with E-state index in [0.717, 1.165) is 47.5 Å². The number of benzene rings is 1. The van der Waals surface area contributed by atoms with Crippen LogP contribution in [0.4, 0.5) is 0 Å². The fraction of sp³-hybridized carbons (Fsp3) is 0.385. The fourth-order valence-electron chi connectivity index (χ4n) is 6.20. The van der Waals surface area contributed by atoms with Crippen molar-refractivity contribution in [2.75, 3.05) is 6.61 Å². The summed E-state index contributed by atoms with van der Waals surface area (Å²) in [6.07, 6.45) is 8.28. The molecule has 3 atom stereocenters. The third kappa shape index (κ3) is 3.04. The quantitative estimate of drug-likeness (QED) is 0.454. The Balaban J connectivity index is 1.46. The van der Waals surface area contributed by atoms with Crippen LogP contribution in [-0.4, -0.2) is 37.7 Å². The molecule has 34 heavy (non-hydrogen) atoms. The number of rotatable bonds is 5. The van der Waals surface area contributed by atoms with Crippen molar-refractivity contribution >= 4 is 5.97 Å². The molecule has 8 nitrogen and oxygen atoms in total. The maximum absolute atomic E-state index is 11.9. The Morgan fingerprint density at radius 1 is 1.29 bits per heavy atom. The van der Waals surface area contributed by atoms with Crippen LogP contribution in [-0.2, 0) is 34.3 Å². The average molecular weight is 458 g/mol. The Kier molecular flexibility index (Phi) is 4.90. The number of aromatic nitrogens is 5. The number of carbonyl (C=O) groups is 1. The molecule has 0 saturated carbocycles. The van der Waals surface area contributed by atoms with E-state index in [4.69, 9.17) is 14.4 Å². The lowest BCUT2D eigenvalue weighted by atomic mass is 9.53. The van der Waals surface area contributed by atoms with Gasteiger partial charge < -0.3 is 9.26 Å². The van der Waals surface area contributed by atoms with Crippen LogP contribution in [0.5, 0.6) is 0 Å². The second-order valence-electron chi connectivity index (χ2n) is 9.32. The van der Waals surface area contributed by atoms with E-state index < -0.39 is 0 Å². The van der Waals surface area contributed by atoms with Gasteiger partial charge in [0.1, 0.15) is 12.3 Å². The van der Waals surface area contributed by atoms with Crippen molar-refractivity contribution in [1.29, 1.82) is 0 Å². The molecule has 1 N–H and O–H groups in total. The van der Waals surface area contributed by atoms with E-state index in [2.05, 4.69) is 52.6 Å². The molecule has 4 aromatic rings. The number of aromatic amines is 1. The van der Waals surface area contributed by atoms with Crippen LogP contribution in [0.15, 0.2) is 53.4 Å². The van der Waals surface area contributed by atoms with Gasteiger partial charge in [-0.25, -0.2) is 0 Å². The third-order valence-corrected chi connectivity index (χ3v) is 7.60. The van der Waals surface area contributed by atoms with E-state index in [1.165, 1.54) is 11.1 Å². The normalized spacial score (nSPS) is 23.1. The van der Waals surface area contributed by atoms with Gasteiger partial charge >= 0.3 is 5.97 Å². The highest BCUT2D eigenvalue weighted by Crippen LogP contribution is 2.57. The molecule has 8 heteroatoms. The van der Waals surface area contributed by atoms with Gasteiger partial charge in [0.05, 0.1) is 30.4 Å². The largest absolute Gasteiger partial charge is 0.465 e. The highest BCUT2D eigenvalue weighted by atomic mass is 16.5. The summed E-state index contributed by atoms with van der Waals surface area (Å²) >= 11 is 0. The predicted molar refractivity (Wildman–Crippen MR) is 124 cm³/mol. The molecule has 0 bridgehead atoms. The minimum Gasteiger partial charge on any atom is -0.465 e. The Hall–Kier alpha value is -3.68. The summed E-state index contributed by atoms with van der Waals surface area (Å²) in [7, 11) is 0. The Labute approximate surface area is 197 Å². The Morgan fingerprint density at radius 3 is 2.97 bits per heavy atom. The molecule has 0 unspecified atom stereocenters. The van der Waals surface area contributed by atoms with Crippen molar-refractivity contribution in [3.05, 3.63) is 77.1 Å². The summed E-state index contributed by atoms with van der Waals surface area (Å²) in [4.78, 5) is 11.9. The number of fused-ring (bicyclic) bond motifs is 4. The molecular formula is C26H27N5O3. The van der Waals surface area contributed by atoms with Crippen molar-refractivity contribution in [2.45, 2.75) is 51.0 Å². The van der Waals surface area contributed by atoms with Gasteiger partial charge in [-0.05, 0) is 37.7 Å².